The Kier molecular flexibility index (Phi) is 5.00. The van der Waals surface area contributed by atoms with E-state index in [1.807, 2.05) is 18.2 Å². The van der Waals surface area contributed by atoms with Gasteiger partial charge < -0.3 is 4.74 Å². The van der Waals surface area contributed by atoms with E-state index in [1.54, 1.807) is 6.07 Å². The van der Waals surface area contributed by atoms with Crippen molar-refractivity contribution in [2.24, 2.45) is 5.92 Å². The Bertz CT molecular complexity index is 1080. The van der Waals surface area contributed by atoms with E-state index in [2.05, 4.69) is 29.0 Å². The van der Waals surface area contributed by atoms with Crippen LogP contribution in [-0.2, 0) is 6.42 Å². The quantitative estimate of drug-likeness (QED) is 0.664. The van der Waals surface area contributed by atoms with E-state index >= 15 is 0 Å². The van der Waals surface area contributed by atoms with Crippen molar-refractivity contribution in [3.63, 3.8) is 0 Å². The molecule has 3 heterocycles. The zero-order chi connectivity index (χ0) is 20.7. The monoisotopic (exact) mass is 414 g/mol. The molecule has 0 saturated carbocycles. The first-order chi connectivity index (χ1) is 13.9. The van der Waals surface area contributed by atoms with E-state index < -0.39 is 11.9 Å². The van der Waals surface area contributed by atoms with Crippen LogP contribution in [0.1, 0.15) is 47.2 Å². The predicted octanol–water partition coefficient (Wildman–Crippen LogP) is 4.55. The fourth-order valence-corrected chi connectivity index (χ4v) is 3.96. The summed E-state index contributed by atoms with van der Waals surface area (Å²) < 4.78 is 19.3. The molecule has 0 bridgehead atoms. The molecule has 1 atom stereocenters. The molecular weight excluding hydrogens is 395 g/mol. The Hall–Kier alpha value is -2.93. The van der Waals surface area contributed by atoms with Crippen LogP contribution >= 0.6 is 11.6 Å². The zero-order valence-electron chi connectivity index (χ0n) is 16.2. The van der Waals surface area contributed by atoms with Crippen molar-refractivity contribution < 1.29 is 13.9 Å². The number of carbonyl (C=O) groups excluding carboxylic acids is 1. The maximum atomic E-state index is 14.4. The van der Waals surface area contributed by atoms with Gasteiger partial charge in [0, 0.05) is 22.3 Å². The largest absolute Gasteiger partial charge is 0.479 e. The molecule has 1 aromatic carbocycles. The zero-order valence-corrected chi connectivity index (χ0v) is 17.0. The van der Waals surface area contributed by atoms with Crippen molar-refractivity contribution in [2.45, 2.75) is 26.3 Å². The molecule has 8 heteroatoms. The summed E-state index contributed by atoms with van der Waals surface area (Å²) >= 11 is 6.50. The highest BCUT2D eigenvalue weighted by Crippen LogP contribution is 2.45. The van der Waals surface area contributed by atoms with Crippen LogP contribution in [0.2, 0.25) is 5.02 Å². The molecule has 0 fully saturated rings. The lowest BCUT2D eigenvalue weighted by Gasteiger charge is -2.27. The standard InChI is InChI=1S/C21H20ClFN4O2/c1-11(2)8-16-17-18(26-25-16)21(28)27(12-9-15(23)20(29-3)24-10-12)19(17)13-6-4-5-7-14(13)22/h4-7,9-11,19H,8H2,1-3H3,(H,25,26). The van der Waals surface area contributed by atoms with E-state index in [9.17, 15) is 9.18 Å². The lowest BCUT2D eigenvalue weighted by atomic mass is 9.95. The second kappa shape index (κ2) is 7.48. The number of hydrogen-bond donors (Lipinski definition) is 1. The number of fused-ring (bicyclic) bond motifs is 1. The first kappa shape index (κ1) is 19.4. The molecule has 4 rings (SSSR count). The third-order valence-electron chi connectivity index (χ3n) is 4.91. The molecule has 1 aliphatic rings. The van der Waals surface area contributed by atoms with Crippen LogP contribution in [0.4, 0.5) is 10.1 Å². The van der Waals surface area contributed by atoms with Gasteiger partial charge in [-0.2, -0.15) is 5.10 Å². The minimum Gasteiger partial charge on any atom is -0.479 e. The minimum absolute atomic E-state index is 0.131. The van der Waals surface area contributed by atoms with Crippen molar-refractivity contribution in [3.05, 3.63) is 69.9 Å². The minimum atomic E-state index is -0.649. The molecule has 1 unspecified atom stereocenters. The Morgan fingerprint density at radius 3 is 2.76 bits per heavy atom. The molecule has 3 aromatic rings. The van der Waals surface area contributed by atoms with Gasteiger partial charge in [-0.15, -0.1) is 0 Å². The van der Waals surface area contributed by atoms with Gasteiger partial charge in [0.15, 0.2) is 11.5 Å². The van der Waals surface area contributed by atoms with Gasteiger partial charge >= 0.3 is 0 Å². The topological polar surface area (TPSA) is 71.1 Å². The molecule has 0 saturated heterocycles. The van der Waals surface area contributed by atoms with Crippen LogP contribution in [0.15, 0.2) is 36.5 Å². The first-order valence-corrected chi connectivity index (χ1v) is 9.64. The summed E-state index contributed by atoms with van der Waals surface area (Å²) in [5, 5.41) is 7.79. The van der Waals surface area contributed by atoms with Crippen molar-refractivity contribution in [3.8, 4) is 5.88 Å². The van der Waals surface area contributed by atoms with Gasteiger partial charge in [0.1, 0.15) is 0 Å². The van der Waals surface area contributed by atoms with E-state index in [1.165, 1.54) is 24.3 Å². The number of pyridine rings is 1. The molecule has 0 aliphatic carbocycles. The number of hydrogen-bond acceptors (Lipinski definition) is 4. The number of aromatic nitrogens is 3. The van der Waals surface area contributed by atoms with E-state index in [-0.39, 0.29) is 11.8 Å². The number of methoxy groups -OCH3 is 1. The maximum Gasteiger partial charge on any atom is 0.280 e. The summed E-state index contributed by atoms with van der Waals surface area (Å²) in [5.74, 6) is -0.754. The normalized spacial score (nSPS) is 15.9. The average molecular weight is 415 g/mol. The number of H-pyrrole nitrogens is 1. The molecule has 0 spiro atoms. The summed E-state index contributed by atoms with van der Waals surface area (Å²) in [7, 11) is 1.34. The van der Waals surface area contributed by atoms with Gasteiger partial charge in [-0.05, 0) is 24.0 Å². The van der Waals surface area contributed by atoms with Crippen molar-refractivity contribution in [2.75, 3.05) is 12.0 Å². The molecule has 6 nitrogen and oxygen atoms in total. The van der Waals surface area contributed by atoms with Crippen LogP contribution in [-0.4, -0.2) is 28.2 Å². The fourth-order valence-electron chi connectivity index (χ4n) is 3.72. The summed E-state index contributed by atoms with van der Waals surface area (Å²) in [5.41, 5.74) is 3.02. The Morgan fingerprint density at radius 1 is 1.34 bits per heavy atom. The molecule has 29 heavy (non-hydrogen) atoms. The first-order valence-electron chi connectivity index (χ1n) is 9.27. The molecule has 1 N–H and O–H groups in total. The predicted molar refractivity (Wildman–Crippen MR) is 108 cm³/mol. The van der Waals surface area contributed by atoms with Crippen LogP contribution in [0.5, 0.6) is 5.88 Å². The highest BCUT2D eigenvalue weighted by atomic mass is 35.5. The number of benzene rings is 1. The van der Waals surface area contributed by atoms with Crippen molar-refractivity contribution in [1.82, 2.24) is 15.2 Å². The number of halogens is 2. The summed E-state index contributed by atoms with van der Waals surface area (Å²) in [6.45, 7) is 4.18. The Morgan fingerprint density at radius 2 is 2.10 bits per heavy atom. The Labute approximate surface area is 172 Å². The van der Waals surface area contributed by atoms with E-state index in [0.29, 0.717) is 22.3 Å². The molecule has 150 valence electrons. The summed E-state index contributed by atoms with van der Waals surface area (Å²) in [6.07, 6.45) is 2.14. The van der Waals surface area contributed by atoms with Gasteiger partial charge in [-0.1, -0.05) is 43.6 Å². The summed E-state index contributed by atoms with van der Waals surface area (Å²) in [6, 6.07) is 8.03. The highest BCUT2D eigenvalue weighted by Gasteiger charge is 2.44. The second-order valence-corrected chi connectivity index (χ2v) is 7.75. The highest BCUT2D eigenvalue weighted by molar-refractivity contribution is 6.31. The van der Waals surface area contributed by atoms with Crippen LogP contribution in [0.25, 0.3) is 0 Å². The number of rotatable bonds is 5. The molecule has 0 radical (unpaired) electrons. The maximum absolute atomic E-state index is 14.4. The molecule has 2 aromatic heterocycles. The van der Waals surface area contributed by atoms with E-state index in [0.717, 1.165) is 23.2 Å². The summed E-state index contributed by atoms with van der Waals surface area (Å²) in [4.78, 5) is 18.8. The van der Waals surface area contributed by atoms with Gasteiger partial charge in [0.25, 0.3) is 5.91 Å². The van der Waals surface area contributed by atoms with E-state index in [4.69, 9.17) is 16.3 Å². The number of nitrogens with zero attached hydrogens (tertiary/aromatic N) is 3. The number of ether oxygens (including phenoxy) is 1. The third kappa shape index (κ3) is 3.25. The van der Waals surface area contributed by atoms with Crippen molar-refractivity contribution in [1.29, 1.82) is 0 Å². The third-order valence-corrected chi connectivity index (χ3v) is 5.26. The number of carbonyl (C=O) groups is 1. The Balaban J connectivity index is 1.91. The van der Waals surface area contributed by atoms with Gasteiger partial charge in [0.2, 0.25) is 5.88 Å². The van der Waals surface area contributed by atoms with Gasteiger partial charge in [-0.3, -0.25) is 14.8 Å². The van der Waals surface area contributed by atoms with Crippen molar-refractivity contribution >= 4 is 23.2 Å². The van der Waals surface area contributed by atoms with Crippen LogP contribution < -0.4 is 9.64 Å². The fraction of sp³-hybridized carbons (Fsp3) is 0.286. The smallest absolute Gasteiger partial charge is 0.280 e. The van der Waals surface area contributed by atoms with Crippen LogP contribution in [0, 0.1) is 11.7 Å². The van der Waals surface area contributed by atoms with Crippen LogP contribution in [0.3, 0.4) is 0 Å². The molecule has 1 aliphatic heterocycles. The van der Waals surface area contributed by atoms with Gasteiger partial charge in [0.05, 0.1) is 25.0 Å². The number of amides is 1. The lowest BCUT2D eigenvalue weighted by Crippen LogP contribution is -2.30. The molecular formula is C21H20ClFN4O2. The van der Waals surface area contributed by atoms with Gasteiger partial charge in [-0.25, -0.2) is 9.37 Å². The average Bonchev–Trinajstić information content (AvgIpc) is 3.21. The lowest BCUT2D eigenvalue weighted by molar-refractivity contribution is 0.0988. The SMILES string of the molecule is COc1ncc(N2C(=O)c3n[nH]c(CC(C)C)c3C2c2ccccc2Cl)cc1F. The number of aromatic amines is 1. The number of anilines is 1. The molecule has 1 amide bonds. The second-order valence-electron chi connectivity index (χ2n) is 7.35. The number of nitrogens with one attached hydrogen (secondary N) is 1.